The summed E-state index contributed by atoms with van der Waals surface area (Å²) in [6.45, 7) is 4.85. The molecule has 1 aliphatic heterocycles. The van der Waals surface area contributed by atoms with E-state index >= 15 is 0 Å². The lowest BCUT2D eigenvalue weighted by molar-refractivity contribution is -0.128. The predicted octanol–water partition coefficient (Wildman–Crippen LogP) is 4.16. The molecule has 6 nitrogen and oxygen atoms in total. The van der Waals surface area contributed by atoms with Crippen molar-refractivity contribution in [2.75, 3.05) is 25.6 Å². The summed E-state index contributed by atoms with van der Waals surface area (Å²) in [5, 5.41) is 3.01. The molecule has 0 radical (unpaired) electrons. The summed E-state index contributed by atoms with van der Waals surface area (Å²) in [5.41, 5.74) is 3.76. The number of anilines is 1. The fourth-order valence-corrected chi connectivity index (χ4v) is 4.30. The number of amidine groups is 1. The van der Waals surface area contributed by atoms with Crippen LogP contribution in [0.5, 0.6) is 0 Å². The summed E-state index contributed by atoms with van der Waals surface area (Å²) in [4.78, 5) is 31.8. The number of thioether (sulfide) groups is 1. The molecule has 158 valence electrons. The lowest BCUT2D eigenvalue weighted by Crippen LogP contribution is -2.35. The molecule has 1 atom stereocenters. The first kappa shape index (κ1) is 22.1. The van der Waals surface area contributed by atoms with Crippen molar-refractivity contribution in [2.45, 2.75) is 31.9 Å². The van der Waals surface area contributed by atoms with Crippen molar-refractivity contribution in [3.05, 3.63) is 59.7 Å². The van der Waals surface area contributed by atoms with Gasteiger partial charge in [-0.05, 0) is 42.7 Å². The number of nitrogens with zero attached hydrogens (tertiary/aromatic N) is 2. The fourth-order valence-electron chi connectivity index (χ4n) is 3.11. The number of amides is 2. The highest BCUT2D eigenvalue weighted by atomic mass is 32.2. The van der Waals surface area contributed by atoms with E-state index in [0.29, 0.717) is 18.3 Å². The summed E-state index contributed by atoms with van der Waals surface area (Å²) in [5.74, 6) is -0.295. The van der Waals surface area contributed by atoms with Crippen LogP contribution in [0.2, 0.25) is 0 Å². The molecule has 0 saturated carbocycles. The van der Waals surface area contributed by atoms with Crippen LogP contribution in [0.3, 0.4) is 0 Å². The van der Waals surface area contributed by atoms with Crippen molar-refractivity contribution in [3.8, 4) is 0 Å². The summed E-state index contributed by atoms with van der Waals surface area (Å²) in [6, 6.07) is 15.6. The molecule has 1 fully saturated rings. The van der Waals surface area contributed by atoms with Gasteiger partial charge in [0.15, 0.2) is 5.17 Å². The van der Waals surface area contributed by atoms with Crippen LogP contribution in [0.15, 0.2) is 53.5 Å². The summed E-state index contributed by atoms with van der Waals surface area (Å²) >= 11 is 1.34. The van der Waals surface area contributed by atoms with Gasteiger partial charge in [0.1, 0.15) is 5.25 Å². The molecule has 1 saturated heterocycles. The Hall–Kier alpha value is -2.64. The van der Waals surface area contributed by atoms with E-state index in [1.807, 2.05) is 55.5 Å². The van der Waals surface area contributed by atoms with Crippen molar-refractivity contribution in [1.82, 2.24) is 4.90 Å². The third-order valence-electron chi connectivity index (χ3n) is 4.90. The van der Waals surface area contributed by atoms with Crippen LogP contribution < -0.4 is 5.32 Å². The Balaban J connectivity index is 1.74. The normalized spacial score (nSPS) is 17.6. The van der Waals surface area contributed by atoms with Gasteiger partial charge in [-0.15, -0.1) is 0 Å². The van der Waals surface area contributed by atoms with Crippen LogP contribution >= 0.6 is 11.8 Å². The first-order valence-electron chi connectivity index (χ1n) is 10.0. The smallest absolute Gasteiger partial charge is 0.242 e. The number of aliphatic imine (C=N–C) groups is 1. The monoisotopic (exact) mass is 425 g/mol. The van der Waals surface area contributed by atoms with Gasteiger partial charge in [0.2, 0.25) is 11.8 Å². The number of rotatable bonds is 8. The number of aryl methyl sites for hydroxylation is 2. The maximum atomic E-state index is 13.0. The highest BCUT2D eigenvalue weighted by Crippen LogP contribution is 2.32. The molecule has 2 aromatic rings. The van der Waals surface area contributed by atoms with Crippen molar-refractivity contribution in [3.63, 3.8) is 0 Å². The topological polar surface area (TPSA) is 71.0 Å². The molecule has 0 aromatic heterocycles. The number of para-hydroxylation sites is 1. The molecule has 0 bridgehead atoms. The molecule has 1 aliphatic rings. The highest BCUT2D eigenvalue weighted by molar-refractivity contribution is 8.15. The maximum absolute atomic E-state index is 13.0. The molecule has 0 spiro atoms. The van der Waals surface area contributed by atoms with E-state index in [2.05, 4.69) is 17.2 Å². The van der Waals surface area contributed by atoms with E-state index in [-0.39, 0.29) is 18.2 Å². The van der Waals surface area contributed by atoms with Crippen LogP contribution in [-0.2, 0) is 20.7 Å². The number of hydrogen-bond acceptors (Lipinski definition) is 5. The molecule has 0 unspecified atom stereocenters. The fraction of sp³-hybridized carbons (Fsp3) is 0.348. The number of methoxy groups -OCH3 is 1. The second-order valence-electron chi connectivity index (χ2n) is 7.07. The summed E-state index contributed by atoms with van der Waals surface area (Å²) in [6.07, 6.45) is 1.05. The summed E-state index contributed by atoms with van der Waals surface area (Å²) in [7, 11) is 1.60. The van der Waals surface area contributed by atoms with Gasteiger partial charge in [-0.25, -0.2) is 4.99 Å². The van der Waals surface area contributed by atoms with E-state index < -0.39 is 5.25 Å². The Kier molecular flexibility index (Phi) is 7.65. The largest absolute Gasteiger partial charge is 0.383 e. The quantitative estimate of drug-likeness (QED) is 0.689. The van der Waals surface area contributed by atoms with Crippen LogP contribution in [0.25, 0.3) is 0 Å². The van der Waals surface area contributed by atoms with Crippen molar-refractivity contribution in [2.24, 2.45) is 4.99 Å². The molecule has 1 heterocycles. The third-order valence-corrected chi connectivity index (χ3v) is 6.07. The predicted molar refractivity (Wildman–Crippen MR) is 122 cm³/mol. The van der Waals surface area contributed by atoms with Gasteiger partial charge in [0.05, 0.1) is 18.8 Å². The Labute approximate surface area is 181 Å². The maximum Gasteiger partial charge on any atom is 0.242 e. The van der Waals surface area contributed by atoms with E-state index in [1.54, 1.807) is 12.0 Å². The van der Waals surface area contributed by atoms with Gasteiger partial charge < -0.3 is 10.1 Å². The van der Waals surface area contributed by atoms with E-state index in [9.17, 15) is 9.59 Å². The third kappa shape index (κ3) is 5.49. The van der Waals surface area contributed by atoms with Crippen molar-refractivity contribution >= 4 is 40.1 Å². The first-order valence-corrected chi connectivity index (χ1v) is 10.9. The minimum atomic E-state index is -0.500. The molecule has 1 N–H and O–H groups in total. The molecule has 3 rings (SSSR count). The SMILES string of the molecule is CCc1ccc(N=C2S[C@H](CC(=O)Nc3ccccc3C)C(=O)N2CCOC)cc1. The molecule has 30 heavy (non-hydrogen) atoms. The number of carbonyl (C=O) groups is 2. The van der Waals surface area contributed by atoms with E-state index in [1.165, 1.54) is 17.3 Å². The van der Waals surface area contributed by atoms with Crippen molar-refractivity contribution < 1.29 is 14.3 Å². The lowest BCUT2D eigenvalue weighted by atomic mass is 10.2. The Bertz CT molecular complexity index is 928. The van der Waals surface area contributed by atoms with Gasteiger partial charge >= 0.3 is 0 Å². The molecular formula is C23H27N3O3S. The lowest BCUT2D eigenvalue weighted by Gasteiger charge is -2.16. The standard InChI is InChI=1S/C23H27N3O3S/c1-4-17-9-11-18(12-10-17)24-23-26(13-14-29-3)22(28)20(30-23)15-21(27)25-19-8-6-5-7-16(19)2/h5-12,20H,4,13-15H2,1-3H3,(H,25,27)/t20-/m1/s1. The van der Waals surface area contributed by atoms with Crippen LogP contribution in [0, 0.1) is 6.92 Å². The van der Waals surface area contributed by atoms with E-state index in [4.69, 9.17) is 4.74 Å². The zero-order valence-electron chi connectivity index (χ0n) is 17.6. The first-order chi connectivity index (χ1) is 14.5. The van der Waals surface area contributed by atoms with Crippen molar-refractivity contribution in [1.29, 1.82) is 0 Å². The molecule has 7 heteroatoms. The van der Waals surface area contributed by atoms with Crippen LogP contribution in [0.4, 0.5) is 11.4 Å². The molecule has 0 aliphatic carbocycles. The second kappa shape index (κ2) is 10.4. The highest BCUT2D eigenvalue weighted by Gasteiger charge is 2.39. The van der Waals surface area contributed by atoms with Gasteiger partial charge in [-0.1, -0.05) is 49.0 Å². The van der Waals surface area contributed by atoms with Gasteiger partial charge in [-0.2, -0.15) is 0 Å². The Morgan fingerprint density at radius 1 is 1.20 bits per heavy atom. The summed E-state index contributed by atoms with van der Waals surface area (Å²) < 4.78 is 5.15. The van der Waals surface area contributed by atoms with Crippen LogP contribution in [-0.4, -0.2) is 47.4 Å². The Morgan fingerprint density at radius 2 is 1.93 bits per heavy atom. The van der Waals surface area contributed by atoms with Gasteiger partial charge in [-0.3, -0.25) is 14.5 Å². The number of ether oxygens (including phenoxy) is 1. The van der Waals surface area contributed by atoms with Gasteiger partial charge in [0.25, 0.3) is 0 Å². The second-order valence-corrected chi connectivity index (χ2v) is 8.24. The van der Waals surface area contributed by atoms with Gasteiger partial charge in [0, 0.05) is 19.2 Å². The average Bonchev–Trinajstić information content (AvgIpc) is 3.02. The molecule has 2 amide bonds. The number of benzene rings is 2. The minimum absolute atomic E-state index is 0.0924. The average molecular weight is 426 g/mol. The number of hydrogen-bond donors (Lipinski definition) is 1. The zero-order chi connectivity index (χ0) is 21.5. The molecular weight excluding hydrogens is 398 g/mol. The molecule has 2 aromatic carbocycles. The number of nitrogens with one attached hydrogen (secondary N) is 1. The Morgan fingerprint density at radius 3 is 2.60 bits per heavy atom. The van der Waals surface area contributed by atoms with E-state index in [0.717, 1.165) is 23.4 Å². The zero-order valence-corrected chi connectivity index (χ0v) is 18.4. The minimum Gasteiger partial charge on any atom is -0.383 e. The van der Waals surface area contributed by atoms with Crippen LogP contribution in [0.1, 0.15) is 24.5 Å². The number of carbonyl (C=O) groups excluding carboxylic acids is 2.